The number of phosphoric acid groups is 1. The molecule has 0 saturated heterocycles. The highest BCUT2D eigenvalue weighted by Gasteiger charge is 2.26. The number of furan rings is 1. The number of allylic oxidation sites excluding steroid dienone is 7. The van der Waals surface area contributed by atoms with Gasteiger partial charge in [-0.25, -0.2) is 4.57 Å². The number of carbonyl (C=O) groups is 2. The Bertz CT molecular complexity index is 1430. The lowest BCUT2D eigenvalue weighted by atomic mass is 10.0. The molecule has 1 rings (SSSR count). The Morgan fingerprint density at radius 1 is 0.689 bits per heavy atom. The fourth-order valence-corrected chi connectivity index (χ4v) is 7.45. The number of aryl methyl sites for hydroxylation is 2. The molecular formula is C49H84NO10P. The van der Waals surface area contributed by atoms with Crippen molar-refractivity contribution >= 4 is 19.8 Å². The summed E-state index contributed by atoms with van der Waals surface area (Å²) in [6, 6.07) is 0. The van der Waals surface area contributed by atoms with Crippen LogP contribution in [0.15, 0.2) is 53.0 Å². The van der Waals surface area contributed by atoms with Crippen LogP contribution in [-0.2, 0) is 45.5 Å². The Morgan fingerprint density at radius 2 is 1.25 bits per heavy atom. The van der Waals surface area contributed by atoms with E-state index < -0.39 is 32.5 Å². The number of nitrogens with two attached hydrogens (primary N) is 1. The van der Waals surface area contributed by atoms with E-state index in [0.29, 0.717) is 19.3 Å². The van der Waals surface area contributed by atoms with E-state index in [2.05, 4.69) is 39.8 Å². The number of aliphatic hydroxyl groups excluding tert-OH is 1. The maximum absolute atomic E-state index is 12.7. The molecule has 1 heterocycles. The zero-order valence-electron chi connectivity index (χ0n) is 38.5. The SMILES string of the molecule is CCCCCc1oc(CCCCCCCCCCCCC(=O)O[C@H](COC(=O)CCC/C=C\C/C=C\C/C=C\C=C\[C@H](O)CCCCC)COP(=O)(O)OCCN)c(C)c1C. The van der Waals surface area contributed by atoms with Gasteiger partial charge in [-0.2, -0.15) is 0 Å². The summed E-state index contributed by atoms with van der Waals surface area (Å²) in [5.74, 6) is 1.42. The van der Waals surface area contributed by atoms with Crippen LogP contribution >= 0.6 is 7.82 Å². The van der Waals surface area contributed by atoms with Gasteiger partial charge in [-0.15, -0.1) is 0 Å². The maximum atomic E-state index is 12.7. The third kappa shape index (κ3) is 31.7. The second-order valence-electron chi connectivity index (χ2n) is 16.1. The molecule has 0 spiro atoms. The minimum Gasteiger partial charge on any atom is -0.466 e. The molecule has 61 heavy (non-hydrogen) atoms. The lowest BCUT2D eigenvalue weighted by Gasteiger charge is -2.19. The molecule has 4 N–H and O–H groups in total. The molecule has 350 valence electrons. The highest BCUT2D eigenvalue weighted by Crippen LogP contribution is 2.43. The molecule has 1 aromatic rings. The second kappa shape index (κ2) is 37.7. The molecule has 1 unspecified atom stereocenters. The van der Waals surface area contributed by atoms with E-state index in [1.165, 1.54) is 74.0 Å². The van der Waals surface area contributed by atoms with E-state index in [0.717, 1.165) is 77.0 Å². The number of esters is 2. The molecule has 0 aliphatic rings. The molecule has 0 radical (unpaired) electrons. The predicted octanol–water partition coefficient (Wildman–Crippen LogP) is 12.1. The summed E-state index contributed by atoms with van der Waals surface area (Å²) < 4.78 is 39.0. The van der Waals surface area contributed by atoms with E-state index in [1.807, 2.05) is 36.5 Å². The van der Waals surface area contributed by atoms with Crippen molar-refractivity contribution in [2.45, 2.75) is 200 Å². The maximum Gasteiger partial charge on any atom is 0.472 e. The summed E-state index contributed by atoms with van der Waals surface area (Å²) in [5, 5.41) is 9.90. The highest BCUT2D eigenvalue weighted by atomic mass is 31.2. The molecule has 0 amide bonds. The van der Waals surface area contributed by atoms with Gasteiger partial charge in [0.25, 0.3) is 0 Å². The van der Waals surface area contributed by atoms with Crippen molar-refractivity contribution in [2.24, 2.45) is 5.73 Å². The van der Waals surface area contributed by atoms with E-state index in [-0.39, 0.29) is 38.7 Å². The van der Waals surface area contributed by atoms with Crippen LogP contribution < -0.4 is 5.73 Å². The fourth-order valence-electron chi connectivity index (χ4n) is 6.68. The minimum absolute atomic E-state index is 0.0323. The number of unbranched alkanes of at least 4 members (excludes halogenated alkanes) is 14. The van der Waals surface area contributed by atoms with Crippen LogP contribution in [-0.4, -0.2) is 60.5 Å². The van der Waals surface area contributed by atoms with Crippen LogP contribution in [0.1, 0.15) is 184 Å². The van der Waals surface area contributed by atoms with Gasteiger partial charge in [0, 0.05) is 32.2 Å². The first-order chi connectivity index (χ1) is 29.5. The molecule has 0 bridgehead atoms. The standard InChI is InChI=1S/C49H84NO10P/c1-5-7-26-32-44(51)33-28-22-18-14-10-9-11-16-20-24-30-36-48(52)56-40-45(41-58-61(54,55)57-39-38-50)59-49(53)37-31-25-21-17-13-12-15-19-23-29-35-47-43(4)42(3)46(60-47)34-27-8-6-2/h9-10,16,18,20,22,28,33,44-45,51H,5-8,11-15,17,19,21,23-27,29-32,34-41,50H2,1-4H3,(H,54,55)/b10-9-,20-16-,22-18-,33-28+/t44-,45-/m1/s1. The third-order valence-electron chi connectivity index (χ3n) is 10.5. The van der Waals surface area contributed by atoms with Gasteiger partial charge >= 0.3 is 19.8 Å². The smallest absolute Gasteiger partial charge is 0.466 e. The zero-order chi connectivity index (χ0) is 44.8. The largest absolute Gasteiger partial charge is 0.472 e. The first-order valence-electron chi connectivity index (χ1n) is 23.6. The number of hydrogen-bond donors (Lipinski definition) is 3. The number of phosphoric ester groups is 1. The van der Waals surface area contributed by atoms with Crippen molar-refractivity contribution in [2.75, 3.05) is 26.4 Å². The van der Waals surface area contributed by atoms with Gasteiger partial charge in [-0.05, 0) is 76.3 Å². The Labute approximate surface area is 369 Å². The minimum atomic E-state index is -4.41. The summed E-state index contributed by atoms with van der Waals surface area (Å²) in [6.45, 7) is 7.86. The normalized spacial score (nSPS) is 14.1. The molecule has 11 nitrogen and oxygen atoms in total. The summed E-state index contributed by atoms with van der Waals surface area (Å²) in [7, 11) is -4.41. The molecule has 0 aliphatic carbocycles. The van der Waals surface area contributed by atoms with Crippen molar-refractivity contribution in [3.63, 3.8) is 0 Å². The van der Waals surface area contributed by atoms with Crippen LogP contribution in [0, 0.1) is 13.8 Å². The van der Waals surface area contributed by atoms with Crippen molar-refractivity contribution in [1.82, 2.24) is 0 Å². The van der Waals surface area contributed by atoms with E-state index in [9.17, 15) is 24.2 Å². The van der Waals surface area contributed by atoms with Gasteiger partial charge in [-0.1, -0.05) is 146 Å². The first kappa shape index (κ1) is 56.2. The summed E-state index contributed by atoms with van der Waals surface area (Å²) in [4.78, 5) is 35.0. The van der Waals surface area contributed by atoms with Crippen LogP contribution in [0.25, 0.3) is 0 Å². The average Bonchev–Trinajstić information content (AvgIpc) is 3.51. The molecule has 3 atom stereocenters. The molecule has 1 aromatic heterocycles. The zero-order valence-corrected chi connectivity index (χ0v) is 39.4. The van der Waals surface area contributed by atoms with Gasteiger partial charge in [-0.3, -0.25) is 18.6 Å². The topological polar surface area (TPSA) is 168 Å². The average molecular weight is 878 g/mol. The summed E-state index contributed by atoms with van der Waals surface area (Å²) >= 11 is 0. The molecular weight excluding hydrogens is 794 g/mol. The van der Waals surface area contributed by atoms with Crippen LogP contribution in [0.2, 0.25) is 0 Å². The van der Waals surface area contributed by atoms with Crippen molar-refractivity contribution in [3.05, 3.63) is 71.3 Å². The first-order valence-corrected chi connectivity index (χ1v) is 25.1. The van der Waals surface area contributed by atoms with Crippen molar-refractivity contribution < 1.29 is 47.1 Å². The van der Waals surface area contributed by atoms with E-state index in [1.54, 1.807) is 0 Å². The highest BCUT2D eigenvalue weighted by molar-refractivity contribution is 7.47. The van der Waals surface area contributed by atoms with Crippen LogP contribution in [0.4, 0.5) is 0 Å². The molecule has 0 aliphatic heterocycles. The van der Waals surface area contributed by atoms with Crippen molar-refractivity contribution in [1.29, 1.82) is 0 Å². The van der Waals surface area contributed by atoms with Crippen molar-refractivity contribution in [3.8, 4) is 0 Å². The Morgan fingerprint density at radius 3 is 1.89 bits per heavy atom. The number of aliphatic hydroxyl groups is 1. The van der Waals surface area contributed by atoms with E-state index in [4.69, 9.17) is 28.7 Å². The second-order valence-corrected chi connectivity index (χ2v) is 17.5. The Hall–Kier alpha value is -2.79. The quantitative estimate of drug-likeness (QED) is 0.0189. The van der Waals surface area contributed by atoms with Gasteiger partial charge in [0.15, 0.2) is 6.10 Å². The van der Waals surface area contributed by atoms with Crippen LogP contribution in [0.3, 0.4) is 0 Å². The van der Waals surface area contributed by atoms with Gasteiger partial charge in [0.1, 0.15) is 18.1 Å². The fraction of sp³-hybridized carbons (Fsp3) is 0.714. The number of ether oxygens (including phenoxy) is 2. The Balaban J connectivity index is 2.27. The monoisotopic (exact) mass is 878 g/mol. The summed E-state index contributed by atoms with van der Waals surface area (Å²) in [6.07, 6.45) is 38.6. The lowest BCUT2D eigenvalue weighted by molar-refractivity contribution is -0.161. The van der Waals surface area contributed by atoms with Gasteiger partial charge in [0.05, 0.1) is 19.3 Å². The number of carbonyl (C=O) groups excluding carboxylic acids is 2. The Kier molecular flexibility index (Phi) is 34.8. The lowest BCUT2D eigenvalue weighted by Crippen LogP contribution is -2.29. The molecule has 0 saturated carbocycles. The van der Waals surface area contributed by atoms with E-state index >= 15 is 0 Å². The molecule has 0 fully saturated rings. The summed E-state index contributed by atoms with van der Waals surface area (Å²) in [5.41, 5.74) is 8.03. The molecule has 12 heteroatoms. The van der Waals surface area contributed by atoms with Gasteiger partial charge in [0.2, 0.25) is 0 Å². The van der Waals surface area contributed by atoms with Crippen LogP contribution in [0.5, 0.6) is 0 Å². The predicted molar refractivity (Wildman–Crippen MR) is 247 cm³/mol. The van der Waals surface area contributed by atoms with Gasteiger partial charge < -0.3 is 29.6 Å². The number of rotatable bonds is 40. The third-order valence-corrected chi connectivity index (χ3v) is 11.5. The number of hydrogen-bond acceptors (Lipinski definition) is 10. The molecule has 0 aromatic carbocycles.